The van der Waals surface area contributed by atoms with E-state index in [2.05, 4.69) is 51.9 Å². The first kappa shape index (κ1) is 12.5. The molecule has 1 nitrogen and oxygen atoms in total. The molecule has 1 heteroatoms. The Morgan fingerprint density at radius 2 is 1.69 bits per heavy atom. The van der Waals surface area contributed by atoms with Gasteiger partial charge in [0.15, 0.2) is 0 Å². The summed E-state index contributed by atoms with van der Waals surface area (Å²) in [4.78, 5) is 2.27. The maximum absolute atomic E-state index is 2.28. The molecule has 0 aromatic carbocycles. The second kappa shape index (κ2) is 6.99. The molecule has 0 aliphatic heterocycles. The van der Waals surface area contributed by atoms with E-state index in [0.717, 1.165) is 18.4 Å². The van der Waals surface area contributed by atoms with Gasteiger partial charge in [0.2, 0.25) is 0 Å². The number of nitrogens with zero attached hydrogens (tertiary/aromatic N) is 1. The lowest BCUT2D eigenvalue weighted by Crippen LogP contribution is -2.16. The molecule has 13 heavy (non-hydrogen) atoms. The Balaban J connectivity index is 3.47. The predicted octanol–water partition coefficient (Wildman–Crippen LogP) is 3.52. The van der Waals surface area contributed by atoms with E-state index < -0.39 is 0 Å². The van der Waals surface area contributed by atoms with Gasteiger partial charge < -0.3 is 4.90 Å². The summed E-state index contributed by atoms with van der Waals surface area (Å²) in [6.45, 7) is 10.2. The molecule has 0 amide bonds. The third-order valence-corrected chi connectivity index (χ3v) is 1.92. The van der Waals surface area contributed by atoms with Gasteiger partial charge in [-0.3, -0.25) is 0 Å². The molecule has 0 saturated heterocycles. The summed E-state index contributed by atoms with van der Waals surface area (Å²) in [6, 6.07) is 0. The zero-order valence-corrected chi connectivity index (χ0v) is 9.88. The minimum absolute atomic E-state index is 0.750. The van der Waals surface area contributed by atoms with Crippen molar-refractivity contribution in [1.29, 1.82) is 0 Å². The van der Waals surface area contributed by atoms with Gasteiger partial charge in [0.05, 0.1) is 0 Å². The number of allylic oxidation sites excluding steroid dienone is 1. The van der Waals surface area contributed by atoms with Gasteiger partial charge in [-0.25, -0.2) is 0 Å². The van der Waals surface area contributed by atoms with Gasteiger partial charge >= 0.3 is 0 Å². The first-order chi connectivity index (χ1) is 6.02. The molecule has 0 N–H and O–H groups in total. The number of hydrogen-bond donors (Lipinski definition) is 0. The van der Waals surface area contributed by atoms with Gasteiger partial charge in [0.25, 0.3) is 0 Å². The van der Waals surface area contributed by atoms with Crippen LogP contribution in [0.15, 0.2) is 12.3 Å². The van der Waals surface area contributed by atoms with E-state index in [1.807, 2.05) is 0 Å². The van der Waals surface area contributed by atoms with Crippen molar-refractivity contribution in [1.82, 2.24) is 4.90 Å². The summed E-state index contributed by atoms with van der Waals surface area (Å²) in [5, 5.41) is 0. The monoisotopic (exact) mass is 183 g/mol. The van der Waals surface area contributed by atoms with Crippen LogP contribution in [0.4, 0.5) is 0 Å². The predicted molar refractivity (Wildman–Crippen MR) is 60.7 cm³/mol. The minimum atomic E-state index is 0.750. The van der Waals surface area contributed by atoms with E-state index in [4.69, 9.17) is 0 Å². The number of hydrogen-bond acceptors (Lipinski definition) is 1. The standard InChI is InChI=1S/C12H25N/c1-11(2)8-6-7-9-13(5)10-12(3)4/h7,9,11-12H,6,8,10H2,1-5H3/b9-7-. The molecule has 0 spiro atoms. The van der Waals surface area contributed by atoms with Crippen molar-refractivity contribution >= 4 is 0 Å². The van der Waals surface area contributed by atoms with Crippen LogP contribution in [0.25, 0.3) is 0 Å². The van der Waals surface area contributed by atoms with Crippen molar-refractivity contribution < 1.29 is 0 Å². The molecule has 0 aliphatic carbocycles. The van der Waals surface area contributed by atoms with Gasteiger partial charge in [0.1, 0.15) is 0 Å². The highest BCUT2D eigenvalue weighted by molar-refractivity contribution is 4.81. The Hall–Kier alpha value is -0.460. The molecular weight excluding hydrogens is 158 g/mol. The normalized spacial score (nSPS) is 11.9. The molecule has 78 valence electrons. The van der Waals surface area contributed by atoms with Crippen LogP contribution in [-0.2, 0) is 0 Å². The highest BCUT2D eigenvalue weighted by Gasteiger charge is 1.95. The molecule has 0 bridgehead atoms. The molecule has 0 heterocycles. The Labute approximate surface area is 83.8 Å². The Bertz CT molecular complexity index is 136. The average molecular weight is 183 g/mol. The van der Waals surface area contributed by atoms with E-state index in [0.29, 0.717) is 0 Å². The van der Waals surface area contributed by atoms with Crippen LogP contribution >= 0.6 is 0 Å². The summed E-state index contributed by atoms with van der Waals surface area (Å²) >= 11 is 0. The van der Waals surface area contributed by atoms with Crippen molar-refractivity contribution in [2.75, 3.05) is 13.6 Å². The molecule has 0 atom stereocenters. The molecule has 0 aromatic rings. The largest absolute Gasteiger partial charge is 0.380 e. The second-order valence-corrected chi connectivity index (χ2v) is 4.69. The van der Waals surface area contributed by atoms with Gasteiger partial charge in [-0.15, -0.1) is 0 Å². The third-order valence-electron chi connectivity index (χ3n) is 1.92. The van der Waals surface area contributed by atoms with Crippen LogP contribution in [-0.4, -0.2) is 18.5 Å². The van der Waals surface area contributed by atoms with Crippen molar-refractivity contribution in [3.8, 4) is 0 Å². The molecule has 0 aromatic heterocycles. The van der Waals surface area contributed by atoms with Crippen molar-refractivity contribution in [3.63, 3.8) is 0 Å². The fraction of sp³-hybridized carbons (Fsp3) is 0.833. The molecule has 0 saturated carbocycles. The fourth-order valence-electron chi connectivity index (χ4n) is 1.32. The van der Waals surface area contributed by atoms with Crippen molar-refractivity contribution in [3.05, 3.63) is 12.3 Å². The Kier molecular flexibility index (Phi) is 6.75. The average Bonchev–Trinajstić information content (AvgIpc) is 1.96. The van der Waals surface area contributed by atoms with Crippen LogP contribution in [0.1, 0.15) is 40.5 Å². The van der Waals surface area contributed by atoms with Crippen molar-refractivity contribution in [2.24, 2.45) is 11.8 Å². The maximum Gasteiger partial charge on any atom is 0.0192 e. The summed E-state index contributed by atoms with van der Waals surface area (Å²) in [6.07, 6.45) is 7.00. The molecular formula is C12H25N. The molecule has 0 unspecified atom stereocenters. The lowest BCUT2D eigenvalue weighted by molar-refractivity contribution is 0.388. The topological polar surface area (TPSA) is 3.24 Å². The SMILES string of the molecule is CC(C)CC/C=C\N(C)CC(C)C. The molecule has 0 rings (SSSR count). The quantitative estimate of drug-likeness (QED) is 0.609. The van der Waals surface area contributed by atoms with Crippen LogP contribution in [0, 0.1) is 11.8 Å². The van der Waals surface area contributed by atoms with Crippen LogP contribution in [0.3, 0.4) is 0 Å². The fourth-order valence-corrected chi connectivity index (χ4v) is 1.32. The second-order valence-electron chi connectivity index (χ2n) is 4.69. The van der Waals surface area contributed by atoms with Gasteiger partial charge in [0, 0.05) is 13.6 Å². The Morgan fingerprint density at radius 1 is 1.08 bits per heavy atom. The van der Waals surface area contributed by atoms with E-state index >= 15 is 0 Å². The van der Waals surface area contributed by atoms with Gasteiger partial charge in [-0.05, 0) is 30.9 Å². The smallest absolute Gasteiger partial charge is 0.0192 e. The highest BCUT2D eigenvalue weighted by atomic mass is 15.1. The molecule has 0 aliphatic rings. The van der Waals surface area contributed by atoms with Crippen LogP contribution in [0.2, 0.25) is 0 Å². The lowest BCUT2D eigenvalue weighted by Gasteiger charge is -2.16. The molecule has 0 fully saturated rings. The first-order valence-corrected chi connectivity index (χ1v) is 5.39. The lowest BCUT2D eigenvalue weighted by atomic mass is 10.1. The van der Waals surface area contributed by atoms with Gasteiger partial charge in [-0.1, -0.05) is 33.8 Å². The van der Waals surface area contributed by atoms with Gasteiger partial charge in [-0.2, -0.15) is 0 Å². The molecule has 0 radical (unpaired) electrons. The van der Waals surface area contributed by atoms with E-state index in [-0.39, 0.29) is 0 Å². The summed E-state index contributed by atoms with van der Waals surface area (Å²) in [5.41, 5.74) is 0. The van der Waals surface area contributed by atoms with E-state index in [9.17, 15) is 0 Å². The summed E-state index contributed by atoms with van der Waals surface area (Å²) < 4.78 is 0. The zero-order chi connectivity index (χ0) is 10.3. The van der Waals surface area contributed by atoms with Crippen LogP contribution < -0.4 is 0 Å². The summed E-state index contributed by atoms with van der Waals surface area (Å²) in [7, 11) is 2.14. The van der Waals surface area contributed by atoms with Crippen molar-refractivity contribution in [2.45, 2.75) is 40.5 Å². The highest BCUT2D eigenvalue weighted by Crippen LogP contribution is 2.04. The van der Waals surface area contributed by atoms with E-state index in [1.165, 1.54) is 12.8 Å². The summed E-state index contributed by atoms with van der Waals surface area (Å²) in [5.74, 6) is 1.57. The third kappa shape index (κ3) is 9.45. The number of rotatable bonds is 6. The zero-order valence-electron chi connectivity index (χ0n) is 9.88. The first-order valence-electron chi connectivity index (χ1n) is 5.39. The van der Waals surface area contributed by atoms with E-state index in [1.54, 1.807) is 0 Å². The maximum atomic E-state index is 2.28. The Morgan fingerprint density at radius 3 is 2.15 bits per heavy atom. The van der Waals surface area contributed by atoms with Crippen LogP contribution in [0.5, 0.6) is 0 Å². The minimum Gasteiger partial charge on any atom is -0.380 e.